The highest BCUT2D eigenvalue weighted by atomic mass is 32.1. The van der Waals surface area contributed by atoms with Gasteiger partial charge >= 0.3 is 0 Å². The normalized spacial score (nSPS) is 19.4. The van der Waals surface area contributed by atoms with Gasteiger partial charge in [0.1, 0.15) is 0 Å². The van der Waals surface area contributed by atoms with Gasteiger partial charge in [-0.05, 0) is 31.9 Å². The number of carbonyl (C=O) groups is 1. The first-order valence-corrected chi connectivity index (χ1v) is 7.58. The third kappa shape index (κ3) is 3.56. The van der Waals surface area contributed by atoms with E-state index in [9.17, 15) is 4.79 Å². The molecule has 0 aliphatic carbocycles. The zero-order chi connectivity index (χ0) is 13.0. The van der Waals surface area contributed by atoms with Crippen LogP contribution in [0, 0.1) is 6.92 Å². The molecule has 1 amide bonds. The standard InChI is InChI=1S/C14H22N2OS/c1-11-7-8-13(18-11)12(15)10-16-9-5-3-2-4-6-14(16)17/h7-8,12H,2-6,9-10,15H2,1H3. The van der Waals surface area contributed by atoms with Gasteiger partial charge in [0, 0.05) is 29.3 Å². The van der Waals surface area contributed by atoms with Crippen molar-refractivity contribution in [3.05, 3.63) is 21.9 Å². The molecule has 0 spiro atoms. The second kappa shape index (κ2) is 6.34. The van der Waals surface area contributed by atoms with Crippen molar-refractivity contribution in [1.82, 2.24) is 4.90 Å². The molecule has 100 valence electrons. The predicted molar refractivity (Wildman–Crippen MR) is 75.6 cm³/mol. The summed E-state index contributed by atoms with van der Waals surface area (Å²) in [6.07, 6.45) is 5.26. The molecule has 2 heterocycles. The molecule has 1 fully saturated rings. The van der Waals surface area contributed by atoms with Crippen LogP contribution in [-0.2, 0) is 4.79 Å². The fourth-order valence-corrected chi connectivity index (χ4v) is 3.26. The van der Waals surface area contributed by atoms with Gasteiger partial charge in [0.05, 0.1) is 6.04 Å². The number of likely N-dealkylation sites (tertiary alicyclic amines) is 1. The summed E-state index contributed by atoms with van der Waals surface area (Å²) in [5, 5.41) is 0. The molecule has 1 aliphatic rings. The molecule has 0 saturated carbocycles. The van der Waals surface area contributed by atoms with Crippen LogP contribution < -0.4 is 5.73 Å². The summed E-state index contributed by atoms with van der Waals surface area (Å²) in [5.41, 5.74) is 6.21. The van der Waals surface area contributed by atoms with E-state index in [4.69, 9.17) is 5.73 Å². The van der Waals surface area contributed by atoms with E-state index in [2.05, 4.69) is 19.1 Å². The second-order valence-electron chi connectivity index (χ2n) is 5.06. The van der Waals surface area contributed by atoms with Crippen molar-refractivity contribution in [3.63, 3.8) is 0 Å². The number of amides is 1. The summed E-state index contributed by atoms with van der Waals surface area (Å²) >= 11 is 1.73. The van der Waals surface area contributed by atoms with Crippen LogP contribution in [0.3, 0.4) is 0 Å². The van der Waals surface area contributed by atoms with E-state index >= 15 is 0 Å². The van der Waals surface area contributed by atoms with Crippen LogP contribution in [0.15, 0.2) is 12.1 Å². The highest BCUT2D eigenvalue weighted by molar-refractivity contribution is 7.12. The lowest BCUT2D eigenvalue weighted by molar-refractivity contribution is -0.132. The molecule has 4 heteroatoms. The first kappa shape index (κ1) is 13.6. The van der Waals surface area contributed by atoms with Gasteiger partial charge in [-0.15, -0.1) is 11.3 Å². The molecule has 1 aliphatic heterocycles. The fourth-order valence-electron chi connectivity index (χ4n) is 2.39. The van der Waals surface area contributed by atoms with Crippen LogP contribution in [0.1, 0.15) is 47.9 Å². The van der Waals surface area contributed by atoms with Crippen LogP contribution in [0.25, 0.3) is 0 Å². The molecule has 0 radical (unpaired) electrons. The molecule has 18 heavy (non-hydrogen) atoms. The van der Waals surface area contributed by atoms with Gasteiger partial charge in [-0.3, -0.25) is 4.79 Å². The topological polar surface area (TPSA) is 46.3 Å². The van der Waals surface area contributed by atoms with Gasteiger partial charge in [-0.25, -0.2) is 0 Å². The van der Waals surface area contributed by atoms with Crippen LogP contribution >= 0.6 is 11.3 Å². The summed E-state index contributed by atoms with van der Waals surface area (Å²) in [5.74, 6) is 0.276. The minimum atomic E-state index is -0.0351. The Bertz CT molecular complexity index is 402. The summed E-state index contributed by atoms with van der Waals surface area (Å²) in [6, 6.07) is 4.14. The van der Waals surface area contributed by atoms with Gasteiger partial charge in [0.25, 0.3) is 0 Å². The number of nitrogens with zero attached hydrogens (tertiary/aromatic N) is 1. The van der Waals surface area contributed by atoms with Gasteiger partial charge in [-0.1, -0.05) is 12.8 Å². The Kier molecular flexibility index (Phi) is 4.78. The molecule has 0 aromatic carbocycles. The van der Waals surface area contributed by atoms with Crippen molar-refractivity contribution >= 4 is 17.2 Å². The molecule has 2 rings (SSSR count). The van der Waals surface area contributed by atoms with E-state index in [0.717, 1.165) is 19.4 Å². The van der Waals surface area contributed by atoms with Crippen molar-refractivity contribution in [3.8, 4) is 0 Å². The first-order valence-electron chi connectivity index (χ1n) is 6.76. The molecule has 1 saturated heterocycles. The Balaban J connectivity index is 1.95. The van der Waals surface area contributed by atoms with E-state index in [1.165, 1.54) is 22.6 Å². The summed E-state index contributed by atoms with van der Waals surface area (Å²) in [6.45, 7) is 3.62. The smallest absolute Gasteiger partial charge is 0.222 e. The maximum absolute atomic E-state index is 12.0. The van der Waals surface area contributed by atoms with Crippen molar-refractivity contribution in [2.45, 2.75) is 45.1 Å². The summed E-state index contributed by atoms with van der Waals surface area (Å²) < 4.78 is 0. The van der Waals surface area contributed by atoms with E-state index in [-0.39, 0.29) is 11.9 Å². The average Bonchev–Trinajstić information content (AvgIpc) is 2.75. The number of aryl methyl sites for hydroxylation is 1. The quantitative estimate of drug-likeness (QED) is 0.914. The third-order valence-electron chi connectivity index (χ3n) is 3.47. The van der Waals surface area contributed by atoms with E-state index in [1.54, 1.807) is 11.3 Å². The SMILES string of the molecule is Cc1ccc(C(N)CN2CCCCCCC2=O)s1. The van der Waals surface area contributed by atoms with Crippen molar-refractivity contribution < 1.29 is 4.79 Å². The first-order chi connectivity index (χ1) is 8.66. The Hall–Kier alpha value is -0.870. The minimum absolute atomic E-state index is 0.0351. The van der Waals surface area contributed by atoms with Gasteiger partial charge in [0.15, 0.2) is 0 Å². The average molecular weight is 266 g/mol. The number of carbonyl (C=O) groups excluding carboxylic acids is 1. The van der Waals surface area contributed by atoms with Crippen molar-refractivity contribution in [1.29, 1.82) is 0 Å². The third-order valence-corrected chi connectivity index (χ3v) is 4.60. The van der Waals surface area contributed by atoms with E-state index in [1.807, 2.05) is 4.90 Å². The Morgan fingerprint density at radius 3 is 2.83 bits per heavy atom. The Morgan fingerprint density at radius 1 is 1.33 bits per heavy atom. The van der Waals surface area contributed by atoms with Crippen LogP contribution in [-0.4, -0.2) is 23.9 Å². The van der Waals surface area contributed by atoms with E-state index < -0.39 is 0 Å². The number of hydrogen-bond donors (Lipinski definition) is 1. The van der Waals surface area contributed by atoms with Gasteiger partial charge in [-0.2, -0.15) is 0 Å². The summed E-state index contributed by atoms with van der Waals surface area (Å²) in [7, 11) is 0. The van der Waals surface area contributed by atoms with Crippen molar-refractivity contribution in [2.75, 3.05) is 13.1 Å². The monoisotopic (exact) mass is 266 g/mol. The number of nitrogens with two attached hydrogens (primary N) is 1. The number of rotatable bonds is 3. The molecular formula is C14H22N2OS. The molecule has 1 aromatic heterocycles. The highest BCUT2D eigenvalue weighted by Crippen LogP contribution is 2.23. The zero-order valence-electron chi connectivity index (χ0n) is 11.0. The van der Waals surface area contributed by atoms with Crippen LogP contribution in [0.2, 0.25) is 0 Å². The molecule has 1 unspecified atom stereocenters. The lowest BCUT2D eigenvalue weighted by Crippen LogP contribution is -2.38. The molecule has 1 aromatic rings. The van der Waals surface area contributed by atoms with Gasteiger partial charge in [0.2, 0.25) is 5.91 Å². The predicted octanol–water partition coefficient (Wildman–Crippen LogP) is 2.85. The lowest BCUT2D eigenvalue weighted by atomic mass is 10.1. The second-order valence-corrected chi connectivity index (χ2v) is 6.38. The number of hydrogen-bond acceptors (Lipinski definition) is 3. The van der Waals surface area contributed by atoms with E-state index in [0.29, 0.717) is 13.0 Å². The van der Waals surface area contributed by atoms with Crippen LogP contribution in [0.4, 0.5) is 0 Å². The Labute approximate surface area is 113 Å². The van der Waals surface area contributed by atoms with Gasteiger partial charge < -0.3 is 10.6 Å². The van der Waals surface area contributed by atoms with Crippen LogP contribution in [0.5, 0.6) is 0 Å². The maximum atomic E-state index is 12.0. The largest absolute Gasteiger partial charge is 0.341 e. The highest BCUT2D eigenvalue weighted by Gasteiger charge is 2.19. The number of thiophene rings is 1. The Morgan fingerprint density at radius 2 is 2.11 bits per heavy atom. The minimum Gasteiger partial charge on any atom is -0.341 e. The molecule has 2 N–H and O–H groups in total. The molecule has 1 atom stereocenters. The molecular weight excluding hydrogens is 244 g/mol. The maximum Gasteiger partial charge on any atom is 0.222 e. The zero-order valence-corrected chi connectivity index (χ0v) is 11.8. The summed E-state index contributed by atoms with van der Waals surface area (Å²) in [4.78, 5) is 16.4. The van der Waals surface area contributed by atoms with Crippen molar-refractivity contribution in [2.24, 2.45) is 5.73 Å². The molecule has 0 bridgehead atoms. The fraction of sp³-hybridized carbons (Fsp3) is 0.643. The molecule has 3 nitrogen and oxygen atoms in total. The lowest BCUT2D eigenvalue weighted by Gasteiger charge is -2.27.